The van der Waals surface area contributed by atoms with Crippen LogP contribution in [0, 0.1) is 11.6 Å². The molecule has 21 heavy (non-hydrogen) atoms. The fourth-order valence-electron chi connectivity index (χ4n) is 1.67. The highest BCUT2D eigenvalue weighted by Gasteiger charge is 2.12. The Labute approximate surface area is 120 Å². The number of anilines is 3. The van der Waals surface area contributed by atoms with Gasteiger partial charge < -0.3 is 15.7 Å². The quantitative estimate of drug-likeness (QED) is 0.811. The number of aliphatic hydroxyl groups excluding tert-OH is 1. The van der Waals surface area contributed by atoms with Crippen LogP contribution in [0.25, 0.3) is 0 Å². The highest BCUT2D eigenvalue weighted by Crippen LogP contribution is 2.27. The summed E-state index contributed by atoms with van der Waals surface area (Å²) in [6, 6.07) is 9.76. The lowest BCUT2D eigenvalue weighted by Gasteiger charge is -2.14. The standard InChI is InChI=1S/C15H14F2N2O2/c1-9(20)15(21)19-14-5-3-2-4-13(14)18-12-7-6-10(16)8-11(12)17/h2-9,18,20H,1H3,(H,19,21)/t9-/m0/s1. The molecule has 0 spiro atoms. The molecular weight excluding hydrogens is 278 g/mol. The van der Waals surface area contributed by atoms with E-state index in [0.29, 0.717) is 11.4 Å². The first-order chi connectivity index (χ1) is 9.97. The van der Waals surface area contributed by atoms with Gasteiger partial charge in [0.05, 0.1) is 17.1 Å². The summed E-state index contributed by atoms with van der Waals surface area (Å²) >= 11 is 0. The SMILES string of the molecule is C[C@H](O)C(=O)Nc1ccccc1Nc1ccc(F)cc1F. The number of hydrogen-bond acceptors (Lipinski definition) is 3. The molecule has 0 saturated carbocycles. The maximum atomic E-state index is 13.6. The van der Waals surface area contributed by atoms with Gasteiger partial charge in [0, 0.05) is 6.07 Å². The monoisotopic (exact) mass is 292 g/mol. The Kier molecular flexibility index (Phi) is 4.49. The van der Waals surface area contributed by atoms with E-state index < -0.39 is 23.6 Å². The summed E-state index contributed by atoms with van der Waals surface area (Å²) in [6.45, 7) is 1.34. The Balaban J connectivity index is 2.26. The molecule has 0 aliphatic heterocycles. The topological polar surface area (TPSA) is 61.4 Å². The van der Waals surface area contributed by atoms with Gasteiger partial charge in [0.15, 0.2) is 0 Å². The van der Waals surface area contributed by atoms with Crippen LogP contribution in [0.15, 0.2) is 42.5 Å². The molecule has 3 N–H and O–H groups in total. The maximum Gasteiger partial charge on any atom is 0.252 e. The first-order valence-electron chi connectivity index (χ1n) is 6.27. The molecule has 2 aromatic rings. The largest absolute Gasteiger partial charge is 0.384 e. The third kappa shape index (κ3) is 3.76. The van der Waals surface area contributed by atoms with Crippen molar-refractivity contribution in [1.82, 2.24) is 0 Å². The molecule has 0 saturated heterocycles. The third-order valence-corrected chi connectivity index (χ3v) is 2.76. The van der Waals surface area contributed by atoms with E-state index in [1.807, 2.05) is 0 Å². The van der Waals surface area contributed by atoms with Crippen molar-refractivity contribution in [2.24, 2.45) is 0 Å². The first-order valence-corrected chi connectivity index (χ1v) is 6.27. The minimum atomic E-state index is -1.17. The fourth-order valence-corrected chi connectivity index (χ4v) is 1.67. The Bertz CT molecular complexity index is 660. The van der Waals surface area contributed by atoms with E-state index in [2.05, 4.69) is 10.6 Å². The van der Waals surface area contributed by atoms with Crippen molar-refractivity contribution in [2.75, 3.05) is 10.6 Å². The molecule has 0 aromatic heterocycles. The van der Waals surface area contributed by atoms with Gasteiger partial charge in [-0.15, -0.1) is 0 Å². The van der Waals surface area contributed by atoms with E-state index in [0.717, 1.165) is 12.1 Å². The van der Waals surface area contributed by atoms with Crippen molar-refractivity contribution in [3.05, 3.63) is 54.1 Å². The van der Waals surface area contributed by atoms with Gasteiger partial charge in [0.1, 0.15) is 17.7 Å². The number of halogens is 2. The van der Waals surface area contributed by atoms with Crippen LogP contribution < -0.4 is 10.6 Å². The molecule has 0 radical (unpaired) electrons. The third-order valence-electron chi connectivity index (χ3n) is 2.76. The number of carbonyl (C=O) groups is 1. The predicted octanol–water partition coefficient (Wildman–Crippen LogP) is 3.03. The van der Waals surface area contributed by atoms with Gasteiger partial charge in [0.25, 0.3) is 5.91 Å². The summed E-state index contributed by atoms with van der Waals surface area (Å²) in [6.07, 6.45) is -1.17. The second-order valence-electron chi connectivity index (χ2n) is 4.46. The van der Waals surface area contributed by atoms with Crippen LogP contribution >= 0.6 is 0 Å². The lowest BCUT2D eigenvalue weighted by atomic mass is 10.2. The Hall–Kier alpha value is -2.47. The molecule has 4 nitrogen and oxygen atoms in total. The molecule has 0 heterocycles. The molecule has 0 aliphatic carbocycles. The maximum absolute atomic E-state index is 13.6. The molecule has 2 aromatic carbocycles. The molecule has 6 heteroatoms. The van der Waals surface area contributed by atoms with E-state index in [4.69, 9.17) is 0 Å². The molecule has 2 rings (SSSR count). The van der Waals surface area contributed by atoms with Crippen molar-refractivity contribution in [3.8, 4) is 0 Å². The average molecular weight is 292 g/mol. The summed E-state index contributed by atoms with van der Waals surface area (Å²) < 4.78 is 26.5. The van der Waals surface area contributed by atoms with Crippen molar-refractivity contribution in [2.45, 2.75) is 13.0 Å². The molecule has 0 unspecified atom stereocenters. The van der Waals surface area contributed by atoms with Crippen molar-refractivity contribution in [3.63, 3.8) is 0 Å². The normalized spacial score (nSPS) is 11.8. The van der Waals surface area contributed by atoms with E-state index in [-0.39, 0.29) is 5.69 Å². The van der Waals surface area contributed by atoms with E-state index >= 15 is 0 Å². The van der Waals surface area contributed by atoms with Crippen molar-refractivity contribution in [1.29, 1.82) is 0 Å². The summed E-state index contributed by atoms with van der Waals surface area (Å²) in [4.78, 5) is 11.5. The number of para-hydroxylation sites is 2. The average Bonchev–Trinajstić information content (AvgIpc) is 2.43. The second kappa shape index (κ2) is 6.32. The van der Waals surface area contributed by atoms with Gasteiger partial charge in [-0.2, -0.15) is 0 Å². The molecule has 0 aliphatic rings. The number of rotatable bonds is 4. The van der Waals surface area contributed by atoms with Crippen LogP contribution in [0.2, 0.25) is 0 Å². The Morgan fingerprint density at radius 1 is 1.10 bits per heavy atom. The summed E-state index contributed by atoms with van der Waals surface area (Å²) in [5, 5.41) is 14.5. The zero-order valence-corrected chi connectivity index (χ0v) is 11.2. The van der Waals surface area contributed by atoms with E-state index in [1.165, 1.54) is 13.0 Å². The Morgan fingerprint density at radius 2 is 1.76 bits per heavy atom. The second-order valence-corrected chi connectivity index (χ2v) is 4.46. The zero-order valence-electron chi connectivity index (χ0n) is 11.2. The van der Waals surface area contributed by atoms with Crippen molar-refractivity contribution >= 4 is 23.0 Å². The number of amides is 1. The molecular formula is C15H14F2N2O2. The van der Waals surface area contributed by atoms with Crippen LogP contribution in [0.3, 0.4) is 0 Å². The highest BCUT2D eigenvalue weighted by molar-refractivity contribution is 5.97. The van der Waals surface area contributed by atoms with Gasteiger partial charge in [-0.25, -0.2) is 8.78 Å². The minimum Gasteiger partial charge on any atom is -0.384 e. The number of carbonyl (C=O) groups excluding carboxylic acids is 1. The number of aliphatic hydroxyl groups is 1. The zero-order chi connectivity index (χ0) is 15.4. The Morgan fingerprint density at radius 3 is 2.38 bits per heavy atom. The van der Waals surface area contributed by atoms with Gasteiger partial charge in [0.2, 0.25) is 0 Å². The van der Waals surface area contributed by atoms with Crippen molar-refractivity contribution < 1.29 is 18.7 Å². The van der Waals surface area contributed by atoms with Crippen LogP contribution in [0.4, 0.5) is 25.8 Å². The highest BCUT2D eigenvalue weighted by atomic mass is 19.1. The number of nitrogens with one attached hydrogen (secondary N) is 2. The minimum absolute atomic E-state index is 0.0788. The lowest BCUT2D eigenvalue weighted by molar-refractivity contribution is -0.123. The first kappa shape index (κ1) is 14.9. The summed E-state index contributed by atoms with van der Waals surface area (Å²) in [5.41, 5.74) is 0.888. The lowest BCUT2D eigenvalue weighted by Crippen LogP contribution is -2.24. The molecule has 0 fully saturated rings. The van der Waals surface area contributed by atoms with Gasteiger partial charge >= 0.3 is 0 Å². The molecule has 1 amide bonds. The van der Waals surface area contributed by atoms with Crippen LogP contribution in [-0.4, -0.2) is 17.1 Å². The smallest absolute Gasteiger partial charge is 0.252 e. The molecule has 0 bridgehead atoms. The molecule has 110 valence electrons. The predicted molar refractivity (Wildman–Crippen MR) is 76.4 cm³/mol. The van der Waals surface area contributed by atoms with Crippen LogP contribution in [-0.2, 0) is 4.79 Å². The van der Waals surface area contributed by atoms with Gasteiger partial charge in [-0.3, -0.25) is 4.79 Å². The van der Waals surface area contributed by atoms with Crippen LogP contribution in [0.5, 0.6) is 0 Å². The van der Waals surface area contributed by atoms with Crippen LogP contribution in [0.1, 0.15) is 6.92 Å². The summed E-state index contributed by atoms with van der Waals surface area (Å²) in [7, 11) is 0. The fraction of sp³-hybridized carbons (Fsp3) is 0.133. The number of hydrogen-bond donors (Lipinski definition) is 3. The van der Waals surface area contributed by atoms with Gasteiger partial charge in [-0.1, -0.05) is 12.1 Å². The number of benzene rings is 2. The van der Waals surface area contributed by atoms with E-state index in [1.54, 1.807) is 24.3 Å². The molecule has 1 atom stereocenters. The summed E-state index contributed by atoms with van der Waals surface area (Å²) in [5.74, 6) is -2.00. The van der Waals surface area contributed by atoms with Gasteiger partial charge in [-0.05, 0) is 31.2 Å². The van der Waals surface area contributed by atoms with E-state index in [9.17, 15) is 18.7 Å².